The number of aliphatic hydroxyl groups excluding tert-OH is 1. The van der Waals surface area contributed by atoms with E-state index >= 15 is 0 Å². The summed E-state index contributed by atoms with van der Waals surface area (Å²) in [6.45, 7) is 2.00. The van der Waals surface area contributed by atoms with Crippen molar-refractivity contribution in [3.63, 3.8) is 0 Å². The van der Waals surface area contributed by atoms with Gasteiger partial charge in [-0.1, -0.05) is 24.9 Å². The van der Waals surface area contributed by atoms with Crippen LogP contribution in [0.15, 0.2) is 40.6 Å². The Kier molecular flexibility index (Phi) is 7.17. The van der Waals surface area contributed by atoms with Crippen LogP contribution in [0.5, 0.6) is 5.75 Å². The highest BCUT2D eigenvalue weighted by atomic mass is 35.5. The van der Waals surface area contributed by atoms with E-state index in [0.717, 1.165) is 12.8 Å². The minimum absolute atomic E-state index is 0.00876. The lowest BCUT2D eigenvalue weighted by Crippen LogP contribution is -2.23. The summed E-state index contributed by atoms with van der Waals surface area (Å²) in [5.41, 5.74) is 1.08. The number of rotatable bonds is 9. The number of aromatic nitrogens is 4. The van der Waals surface area contributed by atoms with Crippen molar-refractivity contribution < 1.29 is 14.2 Å². The maximum atomic E-state index is 13.3. The number of benzene rings is 1. The zero-order valence-electron chi connectivity index (χ0n) is 17.6. The molecule has 4 aromatic rings. The van der Waals surface area contributed by atoms with E-state index in [4.69, 9.17) is 16.3 Å². The Balaban J connectivity index is 1.62. The number of anilines is 1. The number of fused-ring (bicyclic) bond motifs is 1. The van der Waals surface area contributed by atoms with Crippen molar-refractivity contribution in [2.24, 2.45) is 0 Å². The average Bonchev–Trinajstić information content (AvgIpc) is 3.27. The van der Waals surface area contributed by atoms with Gasteiger partial charge in [0.1, 0.15) is 40.9 Å². The fraction of sp³-hybridized carbons (Fsp3) is 0.273. The van der Waals surface area contributed by atoms with E-state index in [0.29, 0.717) is 33.2 Å². The standard InChI is InChI=1S/C22H21ClFN5O3S/c1-2-3-12(9-30)26-22-27-17(11-33-22)20-19-14(6-7-25-20)21(31)29-18(28-19)10-32-13-4-5-16(24)15(23)8-13/h4-8,11-12,30H,2-3,9-10H2,1H3,(H,26,27)(H,28,29,31)/t12-/m1/s1. The molecular formula is C22H21ClFN5O3S. The van der Waals surface area contributed by atoms with E-state index in [9.17, 15) is 14.3 Å². The predicted octanol–water partition coefficient (Wildman–Crippen LogP) is 4.39. The maximum Gasteiger partial charge on any atom is 0.258 e. The van der Waals surface area contributed by atoms with Crippen LogP contribution in [-0.4, -0.2) is 37.7 Å². The number of aliphatic hydroxyl groups is 1. The van der Waals surface area contributed by atoms with Gasteiger partial charge in [0.25, 0.3) is 5.56 Å². The molecule has 0 saturated carbocycles. The van der Waals surface area contributed by atoms with Gasteiger partial charge in [-0.2, -0.15) is 0 Å². The molecule has 3 aromatic heterocycles. The van der Waals surface area contributed by atoms with Crippen LogP contribution in [0, 0.1) is 5.82 Å². The fourth-order valence-electron chi connectivity index (χ4n) is 3.27. The van der Waals surface area contributed by atoms with Gasteiger partial charge in [0, 0.05) is 17.6 Å². The number of thiazole rings is 1. The molecule has 172 valence electrons. The molecule has 0 bridgehead atoms. The molecule has 3 N–H and O–H groups in total. The van der Waals surface area contributed by atoms with Crippen molar-refractivity contribution in [2.75, 3.05) is 11.9 Å². The van der Waals surface area contributed by atoms with Crippen LogP contribution in [0.4, 0.5) is 9.52 Å². The van der Waals surface area contributed by atoms with Crippen LogP contribution in [0.2, 0.25) is 5.02 Å². The molecule has 3 heterocycles. The Hall–Kier alpha value is -3.08. The minimum Gasteiger partial charge on any atom is -0.486 e. The van der Waals surface area contributed by atoms with Gasteiger partial charge in [0.2, 0.25) is 0 Å². The lowest BCUT2D eigenvalue weighted by molar-refractivity contribution is 0.268. The molecule has 0 radical (unpaired) electrons. The summed E-state index contributed by atoms with van der Waals surface area (Å²) in [4.78, 5) is 28.8. The van der Waals surface area contributed by atoms with Gasteiger partial charge in [-0.15, -0.1) is 11.3 Å². The van der Waals surface area contributed by atoms with Crippen LogP contribution in [0.25, 0.3) is 22.3 Å². The summed E-state index contributed by atoms with van der Waals surface area (Å²) < 4.78 is 19.0. The number of aromatic amines is 1. The Labute approximate surface area is 197 Å². The number of ether oxygens (including phenoxy) is 1. The van der Waals surface area contributed by atoms with Gasteiger partial charge < -0.3 is 20.1 Å². The first-order valence-corrected chi connectivity index (χ1v) is 11.5. The zero-order valence-corrected chi connectivity index (χ0v) is 19.2. The first-order chi connectivity index (χ1) is 16.0. The molecular weight excluding hydrogens is 469 g/mol. The second kappa shape index (κ2) is 10.2. The highest BCUT2D eigenvalue weighted by Gasteiger charge is 2.16. The van der Waals surface area contributed by atoms with Crippen LogP contribution in [-0.2, 0) is 6.61 Å². The van der Waals surface area contributed by atoms with Crippen molar-refractivity contribution in [1.82, 2.24) is 19.9 Å². The largest absolute Gasteiger partial charge is 0.486 e. The molecule has 0 aliphatic heterocycles. The third-order valence-electron chi connectivity index (χ3n) is 4.87. The van der Waals surface area contributed by atoms with Crippen LogP contribution >= 0.6 is 22.9 Å². The number of nitrogens with zero attached hydrogens (tertiary/aromatic N) is 3. The third-order valence-corrected chi connectivity index (χ3v) is 5.94. The molecule has 0 amide bonds. The molecule has 4 rings (SSSR count). The van der Waals surface area contributed by atoms with Gasteiger partial charge in [0.05, 0.1) is 23.1 Å². The molecule has 33 heavy (non-hydrogen) atoms. The number of pyridine rings is 1. The summed E-state index contributed by atoms with van der Waals surface area (Å²) in [5, 5.41) is 15.5. The fourth-order valence-corrected chi connectivity index (χ4v) is 4.21. The summed E-state index contributed by atoms with van der Waals surface area (Å²) in [6, 6.07) is 5.50. The van der Waals surface area contributed by atoms with E-state index < -0.39 is 5.82 Å². The molecule has 0 fully saturated rings. The van der Waals surface area contributed by atoms with Gasteiger partial charge in [0.15, 0.2) is 5.13 Å². The van der Waals surface area contributed by atoms with E-state index in [2.05, 4.69) is 25.3 Å². The number of H-pyrrole nitrogens is 1. The summed E-state index contributed by atoms with van der Waals surface area (Å²) in [6.07, 6.45) is 3.28. The van der Waals surface area contributed by atoms with Crippen LogP contribution < -0.4 is 15.6 Å². The molecule has 1 atom stereocenters. The topological polar surface area (TPSA) is 113 Å². The van der Waals surface area contributed by atoms with Gasteiger partial charge >= 0.3 is 0 Å². The second-order valence-electron chi connectivity index (χ2n) is 7.28. The first kappa shape index (κ1) is 23.1. The number of halogens is 2. The summed E-state index contributed by atoms with van der Waals surface area (Å²) in [5.74, 6) is 0.0736. The van der Waals surface area contributed by atoms with Gasteiger partial charge in [-0.3, -0.25) is 9.78 Å². The van der Waals surface area contributed by atoms with E-state index in [-0.39, 0.29) is 35.7 Å². The highest BCUT2D eigenvalue weighted by molar-refractivity contribution is 7.14. The zero-order chi connectivity index (χ0) is 23.4. The Morgan fingerprint density at radius 1 is 1.33 bits per heavy atom. The van der Waals surface area contributed by atoms with Crippen LogP contribution in [0.1, 0.15) is 25.6 Å². The monoisotopic (exact) mass is 489 g/mol. The summed E-state index contributed by atoms with van der Waals surface area (Å²) in [7, 11) is 0. The average molecular weight is 490 g/mol. The molecule has 0 saturated heterocycles. The van der Waals surface area contributed by atoms with Crippen molar-refractivity contribution in [3.8, 4) is 17.1 Å². The maximum absolute atomic E-state index is 13.3. The van der Waals surface area contributed by atoms with Crippen molar-refractivity contribution >= 4 is 39.0 Å². The third kappa shape index (κ3) is 5.29. The van der Waals surface area contributed by atoms with Crippen LogP contribution in [0.3, 0.4) is 0 Å². The quantitative estimate of drug-likeness (QED) is 0.319. The smallest absolute Gasteiger partial charge is 0.258 e. The summed E-state index contributed by atoms with van der Waals surface area (Å²) >= 11 is 7.17. The molecule has 1 aromatic carbocycles. The molecule has 0 aliphatic rings. The lowest BCUT2D eigenvalue weighted by atomic mass is 10.2. The SMILES string of the molecule is CCC[C@H](CO)Nc1nc(-c2nccc3c(=O)[nH]c(COc4ccc(F)c(Cl)c4)nc23)cs1. The number of nitrogens with one attached hydrogen (secondary N) is 2. The van der Waals surface area contributed by atoms with E-state index in [1.807, 2.05) is 12.3 Å². The normalized spacial score (nSPS) is 12.1. The Bertz CT molecular complexity index is 1330. The number of hydrogen-bond donors (Lipinski definition) is 3. The minimum atomic E-state index is -0.547. The van der Waals surface area contributed by atoms with E-state index in [1.54, 1.807) is 6.07 Å². The Morgan fingerprint density at radius 3 is 2.94 bits per heavy atom. The lowest BCUT2D eigenvalue weighted by Gasteiger charge is -2.13. The predicted molar refractivity (Wildman–Crippen MR) is 126 cm³/mol. The highest BCUT2D eigenvalue weighted by Crippen LogP contribution is 2.28. The second-order valence-corrected chi connectivity index (χ2v) is 8.55. The molecule has 0 aliphatic carbocycles. The molecule has 0 spiro atoms. The van der Waals surface area contributed by atoms with Crippen molar-refractivity contribution in [1.29, 1.82) is 0 Å². The van der Waals surface area contributed by atoms with Crippen molar-refractivity contribution in [2.45, 2.75) is 32.4 Å². The van der Waals surface area contributed by atoms with Crippen molar-refractivity contribution in [3.05, 3.63) is 62.9 Å². The van der Waals surface area contributed by atoms with E-state index in [1.165, 1.54) is 35.7 Å². The first-order valence-electron chi connectivity index (χ1n) is 10.3. The molecule has 0 unspecified atom stereocenters. The van der Waals surface area contributed by atoms with Gasteiger partial charge in [-0.25, -0.2) is 14.4 Å². The Morgan fingerprint density at radius 2 is 2.18 bits per heavy atom. The molecule has 8 nitrogen and oxygen atoms in total. The van der Waals surface area contributed by atoms with Gasteiger partial charge in [-0.05, 0) is 24.6 Å². The number of hydrogen-bond acceptors (Lipinski definition) is 8. The molecule has 11 heteroatoms.